The number of nitrogens with zero attached hydrogens (tertiary/aromatic N) is 2. The maximum absolute atomic E-state index is 5.85. The molecule has 3 rings (SSSR count). The Balaban J connectivity index is 1.97. The highest BCUT2D eigenvalue weighted by atomic mass is 16.4. The van der Waals surface area contributed by atoms with Crippen molar-refractivity contribution in [2.45, 2.75) is 38.6 Å². The van der Waals surface area contributed by atoms with Crippen molar-refractivity contribution < 1.29 is 4.42 Å². The minimum Gasteiger partial charge on any atom is -0.423 e. The molecule has 0 bridgehead atoms. The first-order valence-electron chi connectivity index (χ1n) is 6.67. The molecule has 0 spiro atoms. The number of nitrogens with two attached hydrogens (primary N) is 1. The van der Waals surface area contributed by atoms with Crippen molar-refractivity contribution in [3.63, 3.8) is 0 Å². The summed E-state index contributed by atoms with van der Waals surface area (Å²) in [7, 11) is 0. The van der Waals surface area contributed by atoms with E-state index in [1.807, 2.05) is 18.2 Å². The second kappa shape index (κ2) is 4.52. The van der Waals surface area contributed by atoms with Gasteiger partial charge in [0, 0.05) is 18.3 Å². The molecule has 2 N–H and O–H groups in total. The highest BCUT2D eigenvalue weighted by Crippen LogP contribution is 2.27. The molecule has 4 nitrogen and oxygen atoms in total. The Hall–Kier alpha value is -1.71. The van der Waals surface area contributed by atoms with E-state index < -0.39 is 0 Å². The van der Waals surface area contributed by atoms with Crippen molar-refractivity contribution in [2.24, 2.45) is 0 Å². The third kappa shape index (κ3) is 2.03. The van der Waals surface area contributed by atoms with Gasteiger partial charge in [0.05, 0.1) is 0 Å². The number of rotatable bonds is 1. The monoisotopic (exact) mass is 245 g/mol. The Morgan fingerprint density at radius 1 is 1.33 bits per heavy atom. The van der Waals surface area contributed by atoms with Crippen LogP contribution < -0.4 is 10.6 Å². The average Bonchev–Trinajstić information content (AvgIpc) is 2.63. The Morgan fingerprint density at radius 2 is 2.22 bits per heavy atom. The van der Waals surface area contributed by atoms with Gasteiger partial charge in [-0.15, -0.1) is 0 Å². The molecule has 1 saturated heterocycles. The second-order valence-electron chi connectivity index (χ2n) is 5.12. The van der Waals surface area contributed by atoms with E-state index in [0.29, 0.717) is 6.04 Å². The van der Waals surface area contributed by atoms with E-state index in [-0.39, 0.29) is 0 Å². The number of fused-ring (bicyclic) bond motifs is 1. The zero-order chi connectivity index (χ0) is 12.5. The maximum Gasteiger partial charge on any atom is 0.298 e. The van der Waals surface area contributed by atoms with Crippen LogP contribution in [-0.4, -0.2) is 17.6 Å². The van der Waals surface area contributed by atoms with Crippen molar-refractivity contribution >= 4 is 22.8 Å². The Labute approximate surface area is 107 Å². The summed E-state index contributed by atoms with van der Waals surface area (Å²) in [5.41, 5.74) is 8.16. The van der Waals surface area contributed by atoms with Crippen LogP contribution in [0.1, 0.15) is 32.6 Å². The predicted molar refractivity (Wildman–Crippen MR) is 73.7 cm³/mol. The normalized spacial score (nSPS) is 21.2. The molecule has 1 aromatic heterocycles. The summed E-state index contributed by atoms with van der Waals surface area (Å²) in [6.45, 7) is 3.28. The number of nitrogen functional groups attached to an aromatic ring is 1. The lowest BCUT2D eigenvalue weighted by Crippen LogP contribution is -2.32. The Kier molecular flexibility index (Phi) is 2.86. The van der Waals surface area contributed by atoms with Gasteiger partial charge in [-0.1, -0.05) is 12.8 Å². The van der Waals surface area contributed by atoms with Gasteiger partial charge in [0.2, 0.25) is 0 Å². The smallest absolute Gasteiger partial charge is 0.298 e. The molecule has 0 saturated carbocycles. The van der Waals surface area contributed by atoms with Crippen LogP contribution in [0.2, 0.25) is 0 Å². The van der Waals surface area contributed by atoms with Crippen molar-refractivity contribution in [2.75, 3.05) is 17.2 Å². The molecule has 2 aromatic rings. The summed E-state index contributed by atoms with van der Waals surface area (Å²) in [4.78, 5) is 6.85. The Bertz CT molecular complexity index is 549. The highest BCUT2D eigenvalue weighted by molar-refractivity contribution is 5.78. The fraction of sp³-hybridized carbons (Fsp3) is 0.500. The molecule has 2 heterocycles. The molecule has 96 valence electrons. The van der Waals surface area contributed by atoms with E-state index in [1.165, 1.54) is 25.7 Å². The van der Waals surface area contributed by atoms with Gasteiger partial charge < -0.3 is 15.1 Å². The van der Waals surface area contributed by atoms with Crippen molar-refractivity contribution in [3.8, 4) is 0 Å². The van der Waals surface area contributed by atoms with Gasteiger partial charge in [-0.3, -0.25) is 0 Å². The molecule has 1 aliphatic rings. The maximum atomic E-state index is 5.85. The van der Waals surface area contributed by atoms with Crippen LogP contribution in [-0.2, 0) is 0 Å². The van der Waals surface area contributed by atoms with Gasteiger partial charge in [0.15, 0.2) is 5.58 Å². The predicted octanol–water partition coefficient (Wildman–Crippen LogP) is 3.18. The van der Waals surface area contributed by atoms with Crippen LogP contribution in [0, 0.1) is 0 Å². The highest BCUT2D eigenvalue weighted by Gasteiger charge is 2.21. The van der Waals surface area contributed by atoms with Gasteiger partial charge in [-0.2, -0.15) is 4.98 Å². The van der Waals surface area contributed by atoms with E-state index in [2.05, 4.69) is 16.8 Å². The lowest BCUT2D eigenvalue weighted by atomic mass is 10.1. The molecule has 18 heavy (non-hydrogen) atoms. The molecule has 0 radical (unpaired) electrons. The third-order valence-corrected chi connectivity index (χ3v) is 3.70. The quantitative estimate of drug-likeness (QED) is 0.784. The molecule has 1 aliphatic heterocycles. The summed E-state index contributed by atoms with van der Waals surface area (Å²) in [6.07, 6.45) is 5.02. The number of anilines is 2. The number of aromatic nitrogens is 1. The molecular formula is C14H19N3O. The molecule has 1 atom stereocenters. The number of benzene rings is 1. The minimum atomic E-state index is 0.498. The molecule has 1 aromatic carbocycles. The molecule has 1 fully saturated rings. The van der Waals surface area contributed by atoms with Crippen LogP contribution in [0.25, 0.3) is 11.1 Å². The van der Waals surface area contributed by atoms with Gasteiger partial charge >= 0.3 is 0 Å². The molecule has 1 unspecified atom stereocenters. The van der Waals surface area contributed by atoms with Gasteiger partial charge in [-0.25, -0.2) is 0 Å². The summed E-state index contributed by atoms with van der Waals surface area (Å²) in [6, 6.07) is 6.85. The SMILES string of the molecule is CC1CCCCCN1c1nc2cc(N)ccc2o1. The largest absolute Gasteiger partial charge is 0.423 e. The van der Waals surface area contributed by atoms with E-state index >= 15 is 0 Å². The number of hydrogen-bond donors (Lipinski definition) is 1. The molecule has 4 heteroatoms. The topological polar surface area (TPSA) is 55.3 Å². The van der Waals surface area contributed by atoms with Gasteiger partial charge in [0.1, 0.15) is 5.52 Å². The van der Waals surface area contributed by atoms with E-state index in [0.717, 1.165) is 29.3 Å². The van der Waals surface area contributed by atoms with Crippen LogP contribution in [0.5, 0.6) is 0 Å². The fourth-order valence-electron chi connectivity index (χ4n) is 2.61. The number of oxazole rings is 1. The Morgan fingerprint density at radius 3 is 3.11 bits per heavy atom. The lowest BCUT2D eigenvalue weighted by Gasteiger charge is -2.24. The first kappa shape index (κ1) is 11.4. The molecular weight excluding hydrogens is 226 g/mol. The van der Waals surface area contributed by atoms with Crippen LogP contribution in [0.3, 0.4) is 0 Å². The summed E-state index contributed by atoms with van der Waals surface area (Å²) in [5, 5.41) is 0. The summed E-state index contributed by atoms with van der Waals surface area (Å²) >= 11 is 0. The van der Waals surface area contributed by atoms with Crippen LogP contribution in [0.4, 0.5) is 11.7 Å². The number of hydrogen-bond acceptors (Lipinski definition) is 4. The molecule has 0 aliphatic carbocycles. The first-order valence-corrected chi connectivity index (χ1v) is 6.67. The summed E-state index contributed by atoms with van der Waals surface area (Å²) < 4.78 is 5.85. The third-order valence-electron chi connectivity index (χ3n) is 3.70. The van der Waals surface area contributed by atoms with Crippen molar-refractivity contribution in [1.82, 2.24) is 4.98 Å². The van der Waals surface area contributed by atoms with Crippen LogP contribution >= 0.6 is 0 Å². The standard InChI is InChI=1S/C14H19N3O/c1-10-5-3-2-4-8-17(10)14-16-12-9-11(15)6-7-13(12)18-14/h6-7,9-10H,2-5,8,15H2,1H3. The van der Waals surface area contributed by atoms with Gasteiger partial charge in [-0.05, 0) is 38.0 Å². The van der Waals surface area contributed by atoms with Crippen molar-refractivity contribution in [1.29, 1.82) is 0 Å². The van der Waals surface area contributed by atoms with E-state index in [9.17, 15) is 0 Å². The zero-order valence-corrected chi connectivity index (χ0v) is 10.7. The van der Waals surface area contributed by atoms with Gasteiger partial charge in [0.25, 0.3) is 6.01 Å². The fourth-order valence-corrected chi connectivity index (χ4v) is 2.61. The molecule has 0 amide bonds. The van der Waals surface area contributed by atoms with E-state index in [1.54, 1.807) is 0 Å². The average molecular weight is 245 g/mol. The lowest BCUT2D eigenvalue weighted by molar-refractivity contribution is 0.523. The van der Waals surface area contributed by atoms with E-state index in [4.69, 9.17) is 10.2 Å². The zero-order valence-electron chi connectivity index (χ0n) is 10.7. The minimum absolute atomic E-state index is 0.498. The first-order chi connectivity index (χ1) is 8.74. The summed E-state index contributed by atoms with van der Waals surface area (Å²) in [5.74, 6) is 0. The second-order valence-corrected chi connectivity index (χ2v) is 5.12. The van der Waals surface area contributed by atoms with Crippen LogP contribution in [0.15, 0.2) is 22.6 Å². The van der Waals surface area contributed by atoms with Crippen molar-refractivity contribution in [3.05, 3.63) is 18.2 Å².